The van der Waals surface area contributed by atoms with E-state index in [9.17, 15) is 0 Å². The summed E-state index contributed by atoms with van der Waals surface area (Å²) >= 11 is 0. The Balaban J connectivity index is 1.72. The van der Waals surface area contributed by atoms with Gasteiger partial charge < -0.3 is 0 Å². The van der Waals surface area contributed by atoms with Crippen LogP contribution in [0.5, 0.6) is 0 Å². The van der Waals surface area contributed by atoms with Crippen molar-refractivity contribution in [2.45, 2.75) is 6.92 Å². The predicted molar refractivity (Wildman–Crippen MR) is 84.2 cm³/mol. The maximum atomic E-state index is 4.50. The van der Waals surface area contributed by atoms with Crippen LogP contribution < -0.4 is 0 Å². The number of hydrogen-bond donors (Lipinski definition) is 0. The van der Waals surface area contributed by atoms with Crippen molar-refractivity contribution in [2.24, 2.45) is 0 Å². The molecular formula is C17H13N5. The first-order chi connectivity index (χ1) is 10.8. The van der Waals surface area contributed by atoms with Gasteiger partial charge >= 0.3 is 0 Å². The van der Waals surface area contributed by atoms with Crippen molar-refractivity contribution in [3.8, 4) is 22.4 Å². The highest BCUT2D eigenvalue weighted by Crippen LogP contribution is 2.23. The first kappa shape index (κ1) is 12.6. The quantitative estimate of drug-likeness (QED) is 0.568. The Bertz CT molecular complexity index is 926. The normalized spacial score (nSPS) is 11.0. The van der Waals surface area contributed by atoms with E-state index in [4.69, 9.17) is 0 Å². The van der Waals surface area contributed by atoms with Gasteiger partial charge in [-0.3, -0.25) is 0 Å². The van der Waals surface area contributed by atoms with Crippen LogP contribution in [0.2, 0.25) is 0 Å². The van der Waals surface area contributed by atoms with E-state index in [-0.39, 0.29) is 0 Å². The minimum Gasteiger partial charge on any atom is -0.208 e. The lowest BCUT2D eigenvalue weighted by molar-refractivity contribution is 0.859. The van der Waals surface area contributed by atoms with Gasteiger partial charge in [-0.05, 0) is 18.1 Å². The number of benzene rings is 2. The Hall–Kier alpha value is -3.08. The molecule has 2 heterocycles. The molecule has 0 saturated carbocycles. The third kappa shape index (κ3) is 2.13. The molecule has 0 N–H and O–H groups in total. The highest BCUT2D eigenvalue weighted by atomic mass is 15.4. The van der Waals surface area contributed by atoms with Crippen LogP contribution in [0.15, 0.2) is 60.8 Å². The molecule has 0 saturated heterocycles. The number of fused-ring (bicyclic) bond motifs is 1. The first-order valence-electron chi connectivity index (χ1n) is 7.02. The molecule has 2 aromatic carbocycles. The Kier molecular flexibility index (Phi) is 2.89. The Labute approximate surface area is 127 Å². The summed E-state index contributed by atoms with van der Waals surface area (Å²) in [5.41, 5.74) is 4.18. The lowest BCUT2D eigenvalue weighted by atomic mass is 10.0. The molecule has 0 aliphatic rings. The maximum absolute atomic E-state index is 4.50. The monoisotopic (exact) mass is 287 g/mol. The molecule has 2 aromatic heterocycles. The number of hydrogen-bond acceptors (Lipinski definition) is 4. The Morgan fingerprint density at radius 2 is 1.45 bits per heavy atom. The second-order valence-electron chi connectivity index (χ2n) is 5.04. The molecule has 0 fully saturated rings. The molecule has 22 heavy (non-hydrogen) atoms. The van der Waals surface area contributed by atoms with E-state index < -0.39 is 0 Å². The van der Waals surface area contributed by atoms with Crippen molar-refractivity contribution in [3.63, 3.8) is 0 Å². The van der Waals surface area contributed by atoms with E-state index >= 15 is 0 Å². The molecule has 4 rings (SSSR count). The van der Waals surface area contributed by atoms with Gasteiger partial charge in [0.2, 0.25) is 0 Å². The van der Waals surface area contributed by atoms with Crippen molar-refractivity contribution in [2.75, 3.05) is 0 Å². The second kappa shape index (κ2) is 5.04. The highest BCUT2D eigenvalue weighted by Gasteiger charge is 2.07. The van der Waals surface area contributed by atoms with Crippen LogP contribution in [0.4, 0.5) is 0 Å². The smallest absolute Gasteiger partial charge is 0.208 e. The topological polar surface area (TPSA) is 56.0 Å². The van der Waals surface area contributed by atoms with Gasteiger partial charge in [0, 0.05) is 5.56 Å². The molecule has 0 spiro atoms. The van der Waals surface area contributed by atoms with E-state index in [0.717, 1.165) is 17.1 Å². The van der Waals surface area contributed by atoms with Crippen LogP contribution in [-0.2, 0) is 0 Å². The summed E-state index contributed by atoms with van der Waals surface area (Å²) in [5.74, 6) is 1.25. The molecule has 0 unspecified atom stereocenters. The summed E-state index contributed by atoms with van der Waals surface area (Å²) in [5, 5.41) is 12.3. The van der Waals surface area contributed by atoms with Crippen LogP contribution in [0.25, 0.3) is 28.2 Å². The average Bonchev–Trinajstić information content (AvgIpc) is 2.96. The summed E-state index contributed by atoms with van der Waals surface area (Å²) in [6.07, 6.45) is 1.74. The number of nitrogens with zero attached hydrogens (tertiary/aromatic N) is 5. The van der Waals surface area contributed by atoms with Crippen LogP contribution in [0.1, 0.15) is 5.82 Å². The van der Waals surface area contributed by atoms with Gasteiger partial charge in [-0.25, -0.2) is 4.98 Å². The third-order valence-corrected chi connectivity index (χ3v) is 3.58. The fourth-order valence-electron chi connectivity index (χ4n) is 2.40. The lowest BCUT2D eigenvalue weighted by Crippen LogP contribution is -1.97. The second-order valence-corrected chi connectivity index (χ2v) is 5.04. The molecule has 5 heteroatoms. The fourth-order valence-corrected chi connectivity index (χ4v) is 2.40. The van der Waals surface area contributed by atoms with E-state index in [1.807, 2.05) is 37.3 Å². The van der Waals surface area contributed by atoms with E-state index in [0.29, 0.717) is 5.78 Å². The van der Waals surface area contributed by atoms with Gasteiger partial charge in [0.05, 0.1) is 11.9 Å². The van der Waals surface area contributed by atoms with E-state index in [1.54, 1.807) is 10.7 Å². The molecule has 0 aliphatic heterocycles. The fraction of sp³-hybridized carbons (Fsp3) is 0.0588. The summed E-state index contributed by atoms with van der Waals surface area (Å²) in [7, 11) is 0. The summed E-state index contributed by atoms with van der Waals surface area (Å²) < 4.78 is 1.63. The van der Waals surface area contributed by atoms with Gasteiger partial charge in [0.1, 0.15) is 0 Å². The Morgan fingerprint density at radius 1 is 0.773 bits per heavy atom. The summed E-state index contributed by atoms with van der Waals surface area (Å²) in [4.78, 5) is 4.50. The van der Waals surface area contributed by atoms with Gasteiger partial charge in [0.15, 0.2) is 5.82 Å². The van der Waals surface area contributed by atoms with Crippen molar-refractivity contribution < 1.29 is 0 Å². The number of aromatic nitrogens is 5. The molecule has 0 bridgehead atoms. The van der Waals surface area contributed by atoms with Crippen LogP contribution in [0.3, 0.4) is 0 Å². The molecule has 0 amide bonds. The first-order valence-corrected chi connectivity index (χ1v) is 7.02. The zero-order chi connectivity index (χ0) is 14.9. The van der Waals surface area contributed by atoms with Gasteiger partial charge in [-0.15, -0.1) is 10.2 Å². The van der Waals surface area contributed by atoms with Gasteiger partial charge in [-0.2, -0.15) is 9.61 Å². The van der Waals surface area contributed by atoms with Crippen molar-refractivity contribution in [3.05, 3.63) is 66.6 Å². The van der Waals surface area contributed by atoms with Crippen molar-refractivity contribution in [1.29, 1.82) is 0 Å². The summed E-state index contributed by atoms with van der Waals surface area (Å²) in [6.45, 7) is 1.85. The number of aryl methyl sites for hydroxylation is 1. The van der Waals surface area contributed by atoms with Crippen LogP contribution >= 0.6 is 0 Å². The van der Waals surface area contributed by atoms with Crippen LogP contribution in [0, 0.1) is 6.92 Å². The van der Waals surface area contributed by atoms with Crippen molar-refractivity contribution in [1.82, 2.24) is 24.8 Å². The van der Waals surface area contributed by atoms with E-state index in [1.165, 1.54) is 11.1 Å². The Morgan fingerprint density at radius 3 is 2.23 bits per heavy atom. The van der Waals surface area contributed by atoms with E-state index in [2.05, 4.69) is 44.5 Å². The summed E-state index contributed by atoms with van der Waals surface area (Å²) in [6, 6.07) is 18.6. The minimum absolute atomic E-state index is 0.516. The van der Waals surface area contributed by atoms with Crippen molar-refractivity contribution >= 4 is 5.78 Å². The molecule has 0 aliphatic carbocycles. The molecule has 4 aromatic rings. The molecular weight excluding hydrogens is 274 g/mol. The average molecular weight is 287 g/mol. The maximum Gasteiger partial charge on any atom is 0.272 e. The molecule has 0 atom stereocenters. The molecule has 0 radical (unpaired) electrons. The third-order valence-electron chi connectivity index (χ3n) is 3.58. The van der Waals surface area contributed by atoms with Gasteiger partial charge in [0.25, 0.3) is 5.78 Å². The minimum atomic E-state index is 0.516. The van der Waals surface area contributed by atoms with Gasteiger partial charge in [-0.1, -0.05) is 54.6 Å². The molecule has 5 nitrogen and oxygen atoms in total. The molecule has 106 valence electrons. The SMILES string of the molecule is Cc1nnc2nc(-c3ccc(-c4ccccc4)cc3)cnn12. The number of rotatable bonds is 2. The largest absolute Gasteiger partial charge is 0.272 e. The predicted octanol–water partition coefficient (Wildman–Crippen LogP) is 3.16. The zero-order valence-corrected chi connectivity index (χ0v) is 12.0. The zero-order valence-electron chi connectivity index (χ0n) is 12.0. The highest BCUT2D eigenvalue weighted by molar-refractivity contribution is 5.68. The van der Waals surface area contributed by atoms with Crippen LogP contribution in [-0.4, -0.2) is 24.8 Å². The standard InChI is InChI=1S/C17H13N5/c1-12-20-21-17-19-16(11-18-22(12)17)15-9-7-14(8-10-15)13-5-3-2-4-6-13/h2-11H,1H3. The lowest BCUT2D eigenvalue weighted by Gasteiger charge is -2.04.